The lowest BCUT2D eigenvalue weighted by Crippen LogP contribution is -2.29. The van der Waals surface area contributed by atoms with E-state index in [4.69, 9.17) is 10.5 Å². The third-order valence-corrected chi connectivity index (χ3v) is 2.17. The third-order valence-electron chi connectivity index (χ3n) is 2.17. The standard InChI is InChI=1S/C12H21N3O/c1-12(2,3)8-15(4)10-7-6-9(13)11(14-10)16-5/h6-7H,8,13H2,1-5H3. The maximum atomic E-state index is 5.72. The van der Waals surface area contributed by atoms with Gasteiger partial charge < -0.3 is 15.4 Å². The van der Waals surface area contributed by atoms with Gasteiger partial charge in [0.25, 0.3) is 0 Å². The van der Waals surface area contributed by atoms with Gasteiger partial charge in [0.05, 0.1) is 12.8 Å². The van der Waals surface area contributed by atoms with E-state index in [2.05, 4.69) is 30.7 Å². The maximum Gasteiger partial charge on any atom is 0.238 e. The van der Waals surface area contributed by atoms with Gasteiger partial charge >= 0.3 is 0 Å². The summed E-state index contributed by atoms with van der Waals surface area (Å²) in [5, 5.41) is 0. The van der Waals surface area contributed by atoms with Gasteiger partial charge in [-0.2, -0.15) is 4.98 Å². The summed E-state index contributed by atoms with van der Waals surface area (Å²) in [6.07, 6.45) is 0. The maximum absolute atomic E-state index is 5.72. The zero-order valence-corrected chi connectivity index (χ0v) is 10.7. The first-order valence-electron chi connectivity index (χ1n) is 5.35. The highest BCUT2D eigenvalue weighted by atomic mass is 16.5. The molecule has 0 aliphatic rings. The van der Waals surface area contributed by atoms with Gasteiger partial charge in [0.2, 0.25) is 5.88 Å². The van der Waals surface area contributed by atoms with Crippen LogP contribution in [0.1, 0.15) is 20.8 Å². The van der Waals surface area contributed by atoms with Gasteiger partial charge in [0, 0.05) is 13.6 Å². The van der Waals surface area contributed by atoms with Crippen molar-refractivity contribution in [2.45, 2.75) is 20.8 Å². The number of pyridine rings is 1. The molecule has 90 valence electrons. The molecule has 16 heavy (non-hydrogen) atoms. The molecule has 0 saturated carbocycles. The average molecular weight is 223 g/mol. The Kier molecular flexibility index (Phi) is 3.62. The molecule has 0 fully saturated rings. The number of methoxy groups -OCH3 is 1. The van der Waals surface area contributed by atoms with Crippen LogP contribution in [-0.4, -0.2) is 25.7 Å². The highest BCUT2D eigenvalue weighted by Crippen LogP contribution is 2.24. The van der Waals surface area contributed by atoms with E-state index in [-0.39, 0.29) is 5.41 Å². The number of hydrogen-bond acceptors (Lipinski definition) is 4. The summed E-state index contributed by atoms with van der Waals surface area (Å²) in [6.45, 7) is 7.50. The molecule has 4 heteroatoms. The number of nitrogens with zero attached hydrogens (tertiary/aromatic N) is 2. The Bertz CT molecular complexity index is 358. The molecular weight excluding hydrogens is 202 g/mol. The zero-order chi connectivity index (χ0) is 12.3. The molecular formula is C12H21N3O. The SMILES string of the molecule is COc1nc(N(C)CC(C)(C)C)ccc1N. The molecule has 4 nitrogen and oxygen atoms in total. The van der Waals surface area contributed by atoms with Gasteiger partial charge in [-0.15, -0.1) is 0 Å². The Morgan fingerprint density at radius 3 is 2.50 bits per heavy atom. The summed E-state index contributed by atoms with van der Waals surface area (Å²) in [5.41, 5.74) is 6.51. The van der Waals surface area contributed by atoms with Crippen LogP contribution in [0.25, 0.3) is 0 Å². The second kappa shape index (κ2) is 4.60. The van der Waals surface area contributed by atoms with E-state index in [1.54, 1.807) is 7.11 Å². The molecule has 1 aromatic rings. The van der Waals surface area contributed by atoms with Crippen molar-refractivity contribution >= 4 is 11.5 Å². The van der Waals surface area contributed by atoms with E-state index in [1.165, 1.54) is 0 Å². The zero-order valence-electron chi connectivity index (χ0n) is 10.7. The first-order valence-corrected chi connectivity index (χ1v) is 5.35. The first kappa shape index (κ1) is 12.6. The fourth-order valence-electron chi connectivity index (χ4n) is 1.61. The fourth-order valence-corrected chi connectivity index (χ4v) is 1.61. The molecule has 0 atom stereocenters. The minimum atomic E-state index is 0.227. The molecule has 1 rings (SSSR count). The Morgan fingerprint density at radius 1 is 1.38 bits per heavy atom. The molecule has 2 N–H and O–H groups in total. The Morgan fingerprint density at radius 2 is 2.00 bits per heavy atom. The van der Waals surface area contributed by atoms with Crippen LogP contribution in [0.2, 0.25) is 0 Å². The number of ether oxygens (including phenoxy) is 1. The molecule has 0 unspecified atom stereocenters. The molecule has 0 bridgehead atoms. The molecule has 0 amide bonds. The topological polar surface area (TPSA) is 51.4 Å². The Hall–Kier alpha value is -1.45. The van der Waals surface area contributed by atoms with Crippen molar-refractivity contribution in [3.8, 4) is 5.88 Å². The number of hydrogen-bond donors (Lipinski definition) is 1. The predicted molar refractivity (Wildman–Crippen MR) is 67.9 cm³/mol. The number of anilines is 2. The van der Waals surface area contributed by atoms with Gasteiger partial charge in [-0.1, -0.05) is 20.8 Å². The van der Waals surface area contributed by atoms with Gasteiger partial charge in [0.1, 0.15) is 5.82 Å². The van der Waals surface area contributed by atoms with Gasteiger partial charge in [-0.3, -0.25) is 0 Å². The number of rotatable bonds is 3. The van der Waals surface area contributed by atoms with Crippen molar-refractivity contribution in [1.82, 2.24) is 4.98 Å². The van der Waals surface area contributed by atoms with Crippen LogP contribution in [-0.2, 0) is 0 Å². The van der Waals surface area contributed by atoms with E-state index in [0.29, 0.717) is 11.6 Å². The smallest absolute Gasteiger partial charge is 0.238 e. The van der Waals surface area contributed by atoms with Crippen molar-refractivity contribution in [2.24, 2.45) is 5.41 Å². The fraction of sp³-hybridized carbons (Fsp3) is 0.583. The van der Waals surface area contributed by atoms with Gasteiger partial charge in [-0.05, 0) is 17.5 Å². The summed E-state index contributed by atoms with van der Waals surface area (Å²) < 4.78 is 5.10. The highest BCUT2D eigenvalue weighted by Gasteiger charge is 2.15. The van der Waals surface area contributed by atoms with Crippen molar-refractivity contribution in [3.63, 3.8) is 0 Å². The minimum absolute atomic E-state index is 0.227. The lowest BCUT2D eigenvalue weighted by molar-refractivity contribution is 0.396. The van der Waals surface area contributed by atoms with Crippen LogP contribution < -0.4 is 15.4 Å². The van der Waals surface area contributed by atoms with E-state index < -0.39 is 0 Å². The van der Waals surface area contributed by atoms with Crippen molar-refractivity contribution in [1.29, 1.82) is 0 Å². The predicted octanol–water partition coefficient (Wildman–Crippen LogP) is 2.15. The quantitative estimate of drug-likeness (QED) is 0.853. The highest BCUT2D eigenvalue weighted by molar-refractivity contribution is 5.54. The number of aromatic nitrogens is 1. The van der Waals surface area contributed by atoms with Crippen LogP contribution in [0.4, 0.5) is 11.5 Å². The molecule has 0 aliphatic carbocycles. The second-order valence-corrected chi connectivity index (χ2v) is 5.18. The monoisotopic (exact) mass is 223 g/mol. The van der Waals surface area contributed by atoms with Crippen molar-refractivity contribution < 1.29 is 4.74 Å². The Labute approximate surface area is 97.4 Å². The number of nitrogen functional groups attached to an aromatic ring is 1. The van der Waals surface area contributed by atoms with E-state index >= 15 is 0 Å². The molecule has 1 heterocycles. The molecule has 0 saturated heterocycles. The summed E-state index contributed by atoms with van der Waals surface area (Å²) in [4.78, 5) is 6.45. The van der Waals surface area contributed by atoms with E-state index in [1.807, 2.05) is 19.2 Å². The van der Waals surface area contributed by atoms with Crippen LogP contribution in [0.5, 0.6) is 5.88 Å². The van der Waals surface area contributed by atoms with Crippen LogP contribution >= 0.6 is 0 Å². The van der Waals surface area contributed by atoms with Crippen LogP contribution in [0.15, 0.2) is 12.1 Å². The molecule has 0 aromatic carbocycles. The lowest BCUT2D eigenvalue weighted by Gasteiger charge is -2.27. The normalized spacial score (nSPS) is 11.3. The Balaban J connectivity index is 2.88. The van der Waals surface area contributed by atoms with Gasteiger partial charge in [0.15, 0.2) is 0 Å². The van der Waals surface area contributed by atoms with Crippen LogP contribution in [0, 0.1) is 5.41 Å². The largest absolute Gasteiger partial charge is 0.479 e. The second-order valence-electron chi connectivity index (χ2n) is 5.18. The summed E-state index contributed by atoms with van der Waals surface area (Å²) in [7, 11) is 3.59. The third kappa shape index (κ3) is 3.29. The molecule has 1 aromatic heterocycles. The average Bonchev–Trinajstić information content (AvgIpc) is 2.15. The number of nitrogens with two attached hydrogens (primary N) is 1. The van der Waals surface area contributed by atoms with Crippen LogP contribution in [0.3, 0.4) is 0 Å². The summed E-state index contributed by atoms with van der Waals surface area (Å²) >= 11 is 0. The lowest BCUT2D eigenvalue weighted by atomic mass is 9.96. The molecule has 0 spiro atoms. The van der Waals surface area contributed by atoms with Crippen molar-refractivity contribution in [3.05, 3.63) is 12.1 Å². The summed E-state index contributed by atoms with van der Waals surface area (Å²) in [5.74, 6) is 1.36. The van der Waals surface area contributed by atoms with Gasteiger partial charge in [-0.25, -0.2) is 0 Å². The summed E-state index contributed by atoms with van der Waals surface area (Å²) in [6, 6.07) is 3.73. The van der Waals surface area contributed by atoms with Crippen molar-refractivity contribution in [2.75, 3.05) is 31.3 Å². The first-order chi connectivity index (χ1) is 7.33. The molecule has 0 radical (unpaired) electrons. The van der Waals surface area contributed by atoms with E-state index in [9.17, 15) is 0 Å². The molecule has 0 aliphatic heterocycles. The minimum Gasteiger partial charge on any atom is -0.479 e. The van der Waals surface area contributed by atoms with E-state index in [0.717, 1.165) is 12.4 Å².